The van der Waals surface area contributed by atoms with Crippen molar-refractivity contribution < 1.29 is 9.47 Å². The van der Waals surface area contributed by atoms with Crippen LogP contribution in [0.15, 0.2) is 30.3 Å². The Balaban J connectivity index is 1.99. The summed E-state index contributed by atoms with van der Waals surface area (Å²) in [6.45, 7) is 0. The molecule has 1 fully saturated rings. The van der Waals surface area contributed by atoms with Gasteiger partial charge in [-0.25, -0.2) is 0 Å². The molecule has 0 radical (unpaired) electrons. The van der Waals surface area contributed by atoms with Gasteiger partial charge < -0.3 is 0 Å². The number of hydrogen-bond acceptors (Lipinski definition) is 2. The van der Waals surface area contributed by atoms with Gasteiger partial charge in [-0.15, -0.1) is 0 Å². The zero-order valence-electron chi connectivity index (χ0n) is 12.6. The number of methoxy groups -OCH3 is 2. The van der Waals surface area contributed by atoms with Crippen LogP contribution in [0.1, 0.15) is 38.5 Å². The third kappa shape index (κ3) is 4.89. The first kappa shape index (κ1) is 16.0. The molecule has 0 aromatic heterocycles. The molecule has 1 saturated carbocycles. The number of hydrogen-bond donors (Lipinski definition) is 0. The first-order valence-corrected chi connectivity index (χ1v) is 9.45. The Bertz CT molecular complexity index is 359. The standard InChI is InChI=1S/C17H26O2Se/c1-18-17(19-2)16(13-14-9-5-3-6-10-14)20-15-11-7-4-8-12-15/h4,7-8,11-12,14,16-17H,3,5-6,9-10,13H2,1-2H3. The molecule has 0 bridgehead atoms. The number of ether oxygens (including phenoxy) is 2. The Labute approximate surface area is 129 Å². The molecule has 0 amide bonds. The summed E-state index contributed by atoms with van der Waals surface area (Å²) in [5.74, 6) is 0.868. The van der Waals surface area contributed by atoms with Crippen LogP contribution in [0.2, 0.25) is 4.82 Å². The zero-order valence-corrected chi connectivity index (χ0v) is 14.3. The molecule has 3 heteroatoms. The van der Waals surface area contributed by atoms with Gasteiger partial charge in [0.05, 0.1) is 0 Å². The minimum atomic E-state index is -0.0582. The molecule has 1 unspecified atom stereocenters. The predicted octanol–water partition coefficient (Wildman–Crippen LogP) is 3.39. The van der Waals surface area contributed by atoms with Gasteiger partial charge in [0.25, 0.3) is 0 Å². The van der Waals surface area contributed by atoms with E-state index < -0.39 is 0 Å². The van der Waals surface area contributed by atoms with Crippen LogP contribution in [0.3, 0.4) is 0 Å². The van der Waals surface area contributed by atoms with Crippen molar-refractivity contribution >= 4 is 19.4 Å². The molecule has 2 nitrogen and oxygen atoms in total. The molecule has 1 aromatic rings. The molecule has 1 aliphatic carbocycles. The van der Waals surface area contributed by atoms with E-state index in [0.717, 1.165) is 5.92 Å². The van der Waals surface area contributed by atoms with Crippen LogP contribution in [-0.2, 0) is 9.47 Å². The molecule has 112 valence electrons. The van der Waals surface area contributed by atoms with Crippen molar-refractivity contribution in [1.29, 1.82) is 0 Å². The molecule has 0 N–H and O–H groups in total. The molecule has 1 aromatic carbocycles. The maximum atomic E-state index is 5.57. The van der Waals surface area contributed by atoms with Crippen LogP contribution in [0.5, 0.6) is 0 Å². The summed E-state index contributed by atoms with van der Waals surface area (Å²) in [6.07, 6.45) is 8.20. The van der Waals surface area contributed by atoms with Gasteiger partial charge in [-0.2, -0.15) is 0 Å². The Morgan fingerprint density at radius 3 is 2.30 bits per heavy atom. The SMILES string of the molecule is COC(OC)C(CC1CCCCC1)[Se]c1ccccc1. The van der Waals surface area contributed by atoms with Crippen molar-refractivity contribution in [2.45, 2.75) is 49.6 Å². The Kier molecular flexibility index (Phi) is 7.09. The summed E-state index contributed by atoms with van der Waals surface area (Å²) in [5.41, 5.74) is 0. The predicted molar refractivity (Wildman–Crippen MR) is 84.6 cm³/mol. The Morgan fingerprint density at radius 2 is 1.70 bits per heavy atom. The van der Waals surface area contributed by atoms with Gasteiger partial charge in [0.15, 0.2) is 0 Å². The quantitative estimate of drug-likeness (QED) is 0.559. The fourth-order valence-electron chi connectivity index (χ4n) is 3.04. The Hall–Kier alpha value is -0.341. The van der Waals surface area contributed by atoms with Crippen LogP contribution in [0, 0.1) is 5.92 Å². The summed E-state index contributed by atoms with van der Waals surface area (Å²) in [5, 5.41) is 0. The third-order valence-corrected chi connectivity index (χ3v) is 6.74. The number of rotatable bonds is 7. The number of benzene rings is 1. The molecule has 20 heavy (non-hydrogen) atoms. The van der Waals surface area contributed by atoms with Crippen LogP contribution in [0.25, 0.3) is 0 Å². The van der Waals surface area contributed by atoms with E-state index in [-0.39, 0.29) is 6.29 Å². The van der Waals surface area contributed by atoms with Crippen molar-refractivity contribution in [3.8, 4) is 0 Å². The topological polar surface area (TPSA) is 18.5 Å². The second-order valence-electron chi connectivity index (χ2n) is 5.55. The third-order valence-electron chi connectivity index (χ3n) is 4.09. The molecule has 0 heterocycles. The van der Waals surface area contributed by atoms with Crippen LogP contribution in [-0.4, -0.2) is 35.5 Å². The normalized spacial score (nSPS) is 18.4. The molecule has 2 rings (SSSR count). The van der Waals surface area contributed by atoms with Gasteiger partial charge in [0, 0.05) is 0 Å². The van der Waals surface area contributed by atoms with E-state index in [9.17, 15) is 0 Å². The second kappa shape index (κ2) is 8.84. The minimum absolute atomic E-state index is 0.0582. The van der Waals surface area contributed by atoms with Crippen LogP contribution >= 0.6 is 0 Å². The molecule has 1 aliphatic rings. The van der Waals surface area contributed by atoms with E-state index >= 15 is 0 Å². The summed E-state index contributed by atoms with van der Waals surface area (Å²) in [4.78, 5) is 0.517. The van der Waals surface area contributed by atoms with Gasteiger partial charge in [-0.3, -0.25) is 0 Å². The van der Waals surface area contributed by atoms with E-state index in [1.54, 1.807) is 14.2 Å². The van der Waals surface area contributed by atoms with E-state index in [1.807, 2.05) is 0 Å². The fraction of sp³-hybridized carbons (Fsp3) is 0.647. The molecule has 0 spiro atoms. The average Bonchev–Trinajstić information content (AvgIpc) is 2.50. The monoisotopic (exact) mass is 342 g/mol. The van der Waals surface area contributed by atoms with Crippen molar-refractivity contribution in [3.63, 3.8) is 0 Å². The molecule has 0 saturated heterocycles. The van der Waals surface area contributed by atoms with Crippen molar-refractivity contribution in [3.05, 3.63) is 30.3 Å². The van der Waals surface area contributed by atoms with Crippen molar-refractivity contribution in [2.75, 3.05) is 14.2 Å². The molecule has 0 aliphatic heterocycles. The maximum absolute atomic E-state index is 5.57. The summed E-state index contributed by atoms with van der Waals surface area (Å²) >= 11 is 0.412. The second-order valence-corrected chi connectivity index (χ2v) is 8.30. The van der Waals surface area contributed by atoms with E-state index in [0.29, 0.717) is 19.8 Å². The van der Waals surface area contributed by atoms with Crippen LogP contribution < -0.4 is 4.46 Å². The fourth-order valence-corrected chi connectivity index (χ4v) is 5.90. The summed E-state index contributed by atoms with van der Waals surface area (Å²) in [7, 11) is 3.53. The van der Waals surface area contributed by atoms with Crippen molar-refractivity contribution in [1.82, 2.24) is 0 Å². The van der Waals surface area contributed by atoms with Gasteiger partial charge in [0.1, 0.15) is 0 Å². The van der Waals surface area contributed by atoms with Gasteiger partial charge in [-0.1, -0.05) is 0 Å². The van der Waals surface area contributed by atoms with E-state index in [1.165, 1.54) is 43.0 Å². The summed E-state index contributed by atoms with van der Waals surface area (Å²) < 4.78 is 12.6. The molecule has 1 atom stereocenters. The average molecular weight is 341 g/mol. The molecular weight excluding hydrogens is 315 g/mol. The first-order chi connectivity index (χ1) is 9.83. The molecular formula is C17H26O2Se. The van der Waals surface area contributed by atoms with E-state index in [2.05, 4.69) is 30.3 Å². The van der Waals surface area contributed by atoms with Gasteiger partial charge in [-0.05, 0) is 0 Å². The van der Waals surface area contributed by atoms with Crippen LogP contribution in [0.4, 0.5) is 0 Å². The Morgan fingerprint density at radius 1 is 1.05 bits per heavy atom. The van der Waals surface area contributed by atoms with Gasteiger partial charge >= 0.3 is 129 Å². The van der Waals surface area contributed by atoms with Crippen molar-refractivity contribution in [2.24, 2.45) is 5.92 Å². The first-order valence-electron chi connectivity index (χ1n) is 7.60. The summed E-state index contributed by atoms with van der Waals surface area (Å²) in [6, 6.07) is 10.8. The van der Waals surface area contributed by atoms with E-state index in [4.69, 9.17) is 9.47 Å². The zero-order chi connectivity index (χ0) is 14.2. The van der Waals surface area contributed by atoms with Gasteiger partial charge in [0.2, 0.25) is 0 Å².